The average Bonchev–Trinajstić information content (AvgIpc) is 3.42. The van der Waals surface area contributed by atoms with Gasteiger partial charge in [-0.25, -0.2) is 15.1 Å². The first kappa shape index (κ1) is 22.5. The predicted molar refractivity (Wildman–Crippen MR) is 123 cm³/mol. The maximum atomic E-state index is 13.2. The number of benzene rings is 1. The fourth-order valence-corrected chi connectivity index (χ4v) is 5.26. The zero-order valence-corrected chi connectivity index (χ0v) is 18.9. The van der Waals surface area contributed by atoms with Gasteiger partial charge in [0, 0.05) is 23.5 Å². The summed E-state index contributed by atoms with van der Waals surface area (Å²) in [5, 5.41) is 8.24. The first-order chi connectivity index (χ1) is 15.4. The van der Waals surface area contributed by atoms with Crippen LogP contribution in [0.3, 0.4) is 0 Å². The van der Waals surface area contributed by atoms with Crippen LogP contribution in [-0.2, 0) is 20.9 Å². The van der Waals surface area contributed by atoms with E-state index in [1.54, 1.807) is 0 Å². The van der Waals surface area contributed by atoms with E-state index < -0.39 is 10.3 Å². The van der Waals surface area contributed by atoms with Gasteiger partial charge in [0.05, 0.1) is 17.0 Å². The molecule has 8 nitrogen and oxygen atoms in total. The quantitative estimate of drug-likeness (QED) is 0.458. The van der Waals surface area contributed by atoms with E-state index >= 15 is 0 Å². The zero-order valence-electron chi connectivity index (χ0n) is 17.3. The lowest BCUT2D eigenvalue weighted by Crippen LogP contribution is -2.22. The molecule has 1 saturated carbocycles. The molecule has 0 radical (unpaired) electrons. The van der Waals surface area contributed by atoms with Crippen LogP contribution < -0.4 is 10.5 Å². The summed E-state index contributed by atoms with van der Waals surface area (Å²) in [5.74, 6) is 0.440. The van der Waals surface area contributed by atoms with Crippen LogP contribution >= 0.6 is 11.3 Å². The van der Waals surface area contributed by atoms with E-state index in [0.717, 1.165) is 24.1 Å². The molecule has 0 saturated heterocycles. The summed E-state index contributed by atoms with van der Waals surface area (Å²) < 4.78 is 26.7. The number of nitrogens with zero attached hydrogens (tertiary/aromatic N) is 2. The van der Waals surface area contributed by atoms with Gasteiger partial charge in [-0.15, -0.1) is 11.3 Å². The van der Waals surface area contributed by atoms with Gasteiger partial charge < -0.3 is 5.32 Å². The minimum Gasteiger partial charge on any atom is -0.367 e. The van der Waals surface area contributed by atoms with E-state index in [4.69, 9.17) is 9.32 Å². The maximum absolute atomic E-state index is 13.2. The van der Waals surface area contributed by atoms with Crippen molar-refractivity contribution in [2.75, 3.05) is 11.9 Å². The van der Waals surface area contributed by atoms with Gasteiger partial charge in [0.1, 0.15) is 12.1 Å². The number of carbonyl (C=O) groups is 1. The Balaban J connectivity index is 1.42. The van der Waals surface area contributed by atoms with Crippen molar-refractivity contribution >= 4 is 33.2 Å². The summed E-state index contributed by atoms with van der Waals surface area (Å²) in [4.78, 5) is 23.3. The molecule has 2 atom stereocenters. The molecule has 1 aliphatic carbocycles. The van der Waals surface area contributed by atoms with E-state index in [9.17, 15) is 13.2 Å². The highest BCUT2D eigenvalue weighted by atomic mass is 32.2. The maximum Gasteiger partial charge on any atom is 0.333 e. The van der Waals surface area contributed by atoms with Crippen LogP contribution in [0.15, 0.2) is 55.0 Å². The number of rotatable bonds is 9. The molecule has 0 bridgehead atoms. The van der Waals surface area contributed by atoms with Crippen LogP contribution in [0, 0.1) is 5.92 Å². The van der Waals surface area contributed by atoms with Crippen LogP contribution in [0.25, 0.3) is 0 Å². The van der Waals surface area contributed by atoms with Crippen LogP contribution in [-0.4, -0.2) is 36.8 Å². The Morgan fingerprint density at radius 3 is 2.78 bits per heavy atom. The van der Waals surface area contributed by atoms with E-state index in [1.165, 1.54) is 29.4 Å². The molecule has 0 unspecified atom stereocenters. The Labute approximate surface area is 191 Å². The van der Waals surface area contributed by atoms with Crippen molar-refractivity contribution < 1.29 is 17.4 Å². The molecule has 0 amide bonds. The van der Waals surface area contributed by atoms with Crippen LogP contribution in [0.4, 0.5) is 5.82 Å². The highest BCUT2D eigenvalue weighted by molar-refractivity contribution is 7.84. The number of nitrogens with one attached hydrogen (secondary N) is 1. The zero-order chi connectivity index (χ0) is 22.6. The van der Waals surface area contributed by atoms with E-state index in [0.29, 0.717) is 22.7 Å². The molecular formula is C22H24N4O4S2. The molecule has 1 aliphatic rings. The van der Waals surface area contributed by atoms with E-state index in [1.807, 2.05) is 30.3 Å². The van der Waals surface area contributed by atoms with Crippen molar-refractivity contribution in [1.29, 1.82) is 0 Å². The summed E-state index contributed by atoms with van der Waals surface area (Å²) in [6.45, 7) is 0.0615. The number of carbonyl (C=O) groups excluding carboxylic acids is 1. The number of ketones is 1. The average molecular weight is 473 g/mol. The van der Waals surface area contributed by atoms with Gasteiger partial charge in [-0.05, 0) is 42.9 Å². The first-order valence-electron chi connectivity index (χ1n) is 10.3. The second-order valence-electron chi connectivity index (χ2n) is 7.84. The van der Waals surface area contributed by atoms with Gasteiger partial charge in [0.15, 0.2) is 0 Å². The second kappa shape index (κ2) is 9.86. The van der Waals surface area contributed by atoms with Crippen molar-refractivity contribution in [2.24, 2.45) is 11.1 Å². The number of hydrogen-bond acceptors (Lipinski definition) is 8. The number of hydrogen-bond donors (Lipinski definition) is 2. The largest absolute Gasteiger partial charge is 0.367 e. The Kier molecular flexibility index (Phi) is 6.95. The van der Waals surface area contributed by atoms with Crippen molar-refractivity contribution in [3.63, 3.8) is 0 Å². The highest BCUT2D eigenvalue weighted by Crippen LogP contribution is 2.30. The third-order valence-corrected chi connectivity index (χ3v) is 6.96. The molecule has 32 heavy (non-hydrogen) atoms. The molecule has 0 aliphatic heterocycles. The molecule has 3 N–H and O–H groups in total. The fraction of sp³-hybridized carbons (Fsp3) is 0.318. The normalized spacial score (nSPS) is 18.5. The molecule has 4 rings (SSSR count). The van der Waals surface area contributed by atoms with Crippen molar-refractivity contribution in [3.8, 4) is 0 Å². The van der Waals surface area contributed by atoms with Gasteiger partial charge in [-0.2, -0.15) is 8.42 Å². The Bertz CT molecular complexity index is 1180. The van der Waals surface area contributed by atoms with Gasteiger partial charge in [0.25, 0.3) is 0 Å². The predicted octanol–water partition coefficient (Wildman–Crippen LogP) is 3.16. The Morgan fingerprint density at radius 1 is 1.19 bits per heavy atom. The van der Waals surface area contributed by atoms with Crippen LogP contribution in [0.2, 0.25) is 0 Å². The van der Waals surface area contributed by atoms with Gasteiger partial charge in [-0.1, -0.05) is 30.3 Å². The molecule has 2 aromatic heterocycles. The number of nitrogens with two attached hydrogens (primary N) is 1. The molecule has 0 spiro atoms. The van der Waals surface area contributed by atoms with Crippen LogP contribution in [0.5, 0.6) is 0 Å². The highest BCUT2D eigenvalue weighted by Gasteiger charge is 2.27. The lowest BCUT2D eigenvalue weighted by molar-refractivity contribution is 0.104. The number of anilines is 1. The molecule has 3 aromatic rings. The molecule has 1 aromatic carbocycles. The lowest BCUT2D eigenvalue weighted by Gasteiger charge is -2.15. The standard InChI is InChI=1S/C22H24N4O4S2/c23-32(28,29)30-13-16-6-7-17(10-16)26-22-19(12-24-14-25-22)21(27)20-9-8-18(31-20)11-15-4-2-1-3-5-15/h1-5,8-9,12,14,16-17H,6-7,10-11,13H2,(H2,23,28,29)(H,24,25,26)/t16-,17+/m1/s1. The summed E-state index contributed by atoms with van der Waals surface area (Å²) in [7, 11) is -3.94. The number of thiophene rings is 1. The Morgan fingerprint density at radius 2 is 2.00 bits per heavy atom. The SMILES string of the molecule is NS(=O)(=O)OC[C@@H]1CC[C@H](Nc2ncncc2C(=O)c2ccc(Cc3ccccc3)s2)C1. The minimum atomic E-state index is -3.94. The van der Waals surface area contributed by atoms with Gasteiger partial charge in [-0.3, -0.25) is 8.98 Å². The van der Waals surface area contributed by atoms with Crippen molar-refractivity contribution in [3.05, 3.63) is 75.9 Å². The van der Waals surface area contributed by atoms with Crippen LogP contribution in [0.1, 0.15) is 44.9 Å². The van der Waals surface area contributed by atoms with E-state index in [2.05, 4.69) is 27.4 Å². The summed E-state index contributed by atoms with van der Waals surface area (Å²) in [6, 6.07) is 14.0. The molecular weight excluding hydrogens is 448 g/mol. The molecule has 1 fully saturated rings. The van der Waals surface area contributed by atoms with Crippen molar-refractivity contribution in [2.45, 2.75) is 31.7 Å². The third kappa shape index (κ3) is 5.98. The Hall–Kier alpha value is -2.66. The van der Waals surface area contributed by atoms with Gasteiger partial charge in [0.2, 0.25) is 5.78 Å². The summed E-state index contributed by atoms with van der Waals surface area (Å²) in [5.41, 5.74) is 1.62. The lowest BCUT2D eigenvalue weighted by atomic mass is 10.1. The topological polar surface area (TPSA) is 124 Å². The second-order valence-corrected chi connectivity index (χ2v) is 10.2. The molecule has 2 heterocycles. The molecule has 168 valence electrons. The van der Waals surface area contributed by atoms with Crippen molar-refractivity contribution in [1.82, 2.24) is 9.97 Å². The fourth-order valence-electron chi connectivity index (χ4n) is 3.88. The third-order valence-electron chi connectivity index (χ3n) is 5.41. The molecule has 10 heteroatoms. The summed E-state index contributed by atoms with van der Waals surface area (Å²) in [6.07, 6.45) is 6.04. The van der Waals surface area contributed by atoms with E-state index in [-0.39, 0.29) is 24.3 Å². The number of aromatic nitrogens is 2. The monoisotopic (exact) mass is 472 g/mol. The first-order valence-corrected chi connectivity index (χ1v) is 12.6. The van der Waals surface area contributed by atoms with Gasteiger partial charge >= 0.3 is 10.3 Å². The smallest absolute Gasteiger partial charge is 0.333 e. The summed E-state index contributed by atoms with van der Waals surface area (Å²) >= 11 is 1.47. The minimum absolute atomic E-state index is 0.0579.